The lowest BCUT2D eigenvalue weighted by atomic mass is 10.5. The van der Waals surface area contributed by atoms with Crippen molar-refractivity contribution in [2.45, 2.75) is 40.3 Å². The summed E-state index contributed by atoms with van der Waals surface area (Å²) in [4.78, 5) is 17.2. The number of rotatable bonds is 7. The molecule has 2 aromatic rings. The Balaban J connectivity index is 2.10. The van der Waals surface area contributed by atoms with Gasteiger partial charge in [-0.2, -0.15) is 15.0 Å². The zero-order chi connectivity index (χ0) is 15.2. The van der Waals surface area contributed by atoms with Crippen LogP contribution in [0.5, 0.6) is 6.01 Å². The normalized spacial score (nSPS) is 10.7. The monoisotopic (exact) mass is 308 g/mol. The first-order valence-corrected chi connectivity index (χ1v) is 7.76. The molecule has 21 heavy (non-hydrogen) atoms. The van der Waals surface area contributed by atoms with Crippen LogP contribution in [0.15, 0.2) is 5.38 Å². The van der Waals surface area contributed by atoms with Crippen molar-refractivity contribution in [3.8, 4) is 6.01 Å². The maximum absolute atomic E-state index is 5.54. The Bertz CT molecular complexity index is 586. The number of nitrogens with one attached hydrogen (secondary N) is 2. The van der Waals surface area contributed by atoms with Crippen molar-refractivity contribution in [3.05, 3.63) is 16.1 Å². The molecule has 0 amide bonds. The van der Waals surface area contributed by atoms with Crippen LogP contribution in [0.25, 0.3) is 0 Å². The van der Waals surface area contributed by atoms with Gasteiger partial charge < -0.3 is 15.4 Å². The first-order valence-electron chi connectivity index (χ1n) is 6.88. The number of anilines is 2. The van der Waals surface area contributed by atoms with Crippen LogP contribution in [0.2, 0.25) is 0 Å². The summed E-state index contributed by atoms with van der Waals surface area (Å²) in [5, 5.41) is 9.27. The van der Waals surface area contributed by atoms with E-state index >= 15 is 0 Å². The van der Waals surface area contributed by atoms with Crippen molar-refractivity contribution in [1.29, 1.82) is 0 Å². The summed E-state index contributed by atoms with van der Waals surface area (Å²) >= 11 is 1.62. The molecule has 7 nitrogen and oxygen atoms in total. The molecule has 0 saturated carbocycles. The van der Waals surface area contributed by atoms with Gasteiger partial charge in [0.15, 0.2) is 0 Å². The molecule has 0 aliphatic heterocycles. The first-order chi connectivity index (χ1) is 10.1. The van der Waals surface area contributed by atoms with Gasteiger partial charge in [-0.05, 0) is 27.7 Å². The number of thiazole rings is 1. The molecule has 2 aromatic heterocycles. The van der Waals surface area contributed by atoms with Crippen molar-refractivity contribution in [2.24, 2.45) is 0 Å². The van der Waals surface area contributed by atoms with Gasteiger partial charge in [0.2, 0.25) is 11.9 Å². The Labute approximate surface area is 128 Å². The Morgan fingerprint density at radius 3 is 2.43 bits per heavy atom. The SMILES string of the molecule is CCNc1nc(NCc2csc(C)n2)nc(OC(C)C)n1. The van der Waals surface area contributed by atoms with Crippen LogP contribution in [0.1, 0.15) is 31.5 Å². The molecule has 2 rings (SSSR count). The summed E-state index contributed by atoms with van der Waals surface area (Å²) in [5.74, 6) is 0.974. The number of ether oxygens (including phenoxy) is 1. The van der Waals surface area contributed by atoms with Crippen LogP contribution < -0.4 is 15.4 Å². The van der Waals surface area contributed by atoms with Crippen molar-refractivity contribution >= 4 is 23.2 Å². The van der Waals surface area contributed by atoms with E-state index in [0.717, 1.165) is 17.2 Å². The Morgan fingerprint density at radius 2 is 1.86 bits per heavy atom. The fourth-order valence-electron chi connectivity index (χ4n) is 1.60. The van der Waals surface area contributed by atoms with E-state index in [1.54, 1.807) is 11.3 Å². The smallest absolute Gasteiger partial charge is 0.323 e. The van der Waals surface area contributed by atoms with E-state index in [4.69, 9.17) is 4.74 Å². The second kappa shape index (κ2) is 7.16. The summed E-state index contributed by atoms with van der Waals surface area (Å²) in [6.07, 6.45) is 0.0101. The van der Waals surface area contributed by atoms with Crippen molar-refractivity contribution in [1.82, 2.24) is 19.9 Å². The molecule has 0 radical (unpaired) electrons. The minimum absolute atomic E-state index is 0.0101. The van der Waals surface area contributed by atoms with Gasteiger partial charge in [-0.25, -0.2) is 4.98 Å². The maximum Gasteiger partial charge on any atom is 0.323 e. The summed E-state index contributed by atoms with van der Waals surface area (Å²) in [5.41, 5.74) is 0.967. The maximum atomic E-state index is 5.54. The van der Waals surface area contributed by atoms with Gasteiger partial charge in [-0.3, -0.25) is 0 Å². The highest BCUT2D eigenvalue weighted by atomic mass is 32.1. The van der Waals surface area contributed by atoms with E-state index in [9.17, 15) is 0 Å². The molecule has 114 valence electrons. The van der Waals surface area contributed by atoms with E-state index in [1.165, 1.54) is 0 Å². The highest BCUT2D eigenvalue weighted by Gasteiger charge is 2.09. The quantitative estimate of drug-likeness (QED) is 0.812. The molecule has 0 aromatic carbocycles. The summed E-state index contributed by atoms with van der Waals surface area (Å²) in [6.45, 7) is 9.13. The fourth-order valence-corrected chi connectivity index (χ4v) is 2.21. The third-order valence-corrected chi connectivity index (χ3v) is 3.21. The highest BCUT2D eigenvalue weighted by molar-refractivity contribution is 7.09. The van der Waals surface area contributed by atoms with Crippen molar-refractivity contribution < 1.29 is 4.74 Å². The third-order valence-electron chi connectivity index (χ3n) is 2.39. The molecule has 8 heteroatoms. The van der Waals surface area contributed by atoms with Crippen molar-refractivity contribution in [2.75, 3.05) is 17.2 Å². The Kier molecular flexibility index (Phi) is 5.26. The minimum atomic E-state index is 0.0101. The predicted molar refractivity (Wildman–Crippen MR) is 83.9 cm³/mol. The molecule has 2 heterocycles. The topological polar surface area (TPSA) is 84.9 Å². The molecule has 0 unspecified atom stereocenters. The Hall–Kier alpha value is -1.96. The summed E-state index contributed by atoms with van der Waals surface area (Å²) in [6, 6.07) is 0.313. The lowest BCUT2D eigenvalue weighted by Gasteiger charge is -2.11. The lowest BCUT2D eigenvalue weighted by molar-refractivity contribution is 0.222. The van der Waals surface area contributed by atoms with Gasteiger partial charge >= 0.3 is 6.01 Å². The van der Waals surface area contributed by atoms with Gasteiger partial charge in [0.05, 0.1) is 23.4 Å². The van der Waals surface area contributed by atoms with Crippen LogP contribution in [-0.4, -0.2) is 32.6 Å². The van der Waals surface area contributed by atoms with Gasteiger partial charge in [0, 0.05) is 11.9 Å². The van der Waals surface area contributed by atoms with Crippen LogP contribution in [0.4, 0.5) is 11.9 Å². The molecule has 0 fully saturated rings. The van der Waals surface area contributed by atoms with Crippen LogP contribution in [-0.2, 0) is 6.54 Å². The lowest BCUT2D eigenvalue weighted by Crippen LogP contribution is -2.13. The average molecular weight is 308 g/mol. The minimum Gasteiger partial charge on any atom is -0.461 e. The standard InChI is InChI=1S/C13H20N6OS/c1-5-14-11-17-12(19-13(18-11)20-8(2)3)15-6-10-7-21-9(4)16-10/h7-8H,5-6H2,1-4H3,(H2,14,15,17,18,19). The molecule has 0 aliphatic rings. The van der Waals surface area contributed by atoms with Gasteiger partial charge in [-0.1, -0.05) is 0 Å². The van der Waals surface area contributed by atoms with Crippen LogP contribution in [0.3, 0.4) is 0 Å². The number of aromatic nitrogens is 4. The number of hydrogen-bond donors (Lipinski definition) is 2. The average Bonchev–Trinajstić information content (AvgIpc) is 2.82. The highest BCUT2D eigenvalue weighted by Crippen LogP contribution is 2.14. The summed E-state index contributed by atoms with van der Waals surface area (Å²) in [7, 11) is 0. The van der Waals surface area contributed by atoms with E-state index in [1.807, 2.05) is 33.1 Å². The molecule has 0 bridgehead atoms. The second-order valence-corrected chi connectivity index (χ2v) is 5.74. The molecule has 0 aliphatic carbocycles. The zero-order valence-electron chi connectivity index (χ0n) is 12.7. The molecule has 0 saturated heterocycles. The third kappa shape index (κ3) is 4.82. The van der Waals surface area contributed by atoms with E-state index < -0.39 is 0 Å². The fraction of sp³-hybridized carbons (Fsp3) is 0.538. The number of hydrogen-bond acceptors (Lipinski definition) is 8. The molecule has 0 atom stereocenters. The van der Waals surface area contributed by atoms with Crippen LogP contribution >= 0.6 is 11.3 Å². The largest absolute Gasteiger partial charge is 0.461 e. The Morgan fingerprint density at radius 1 is 1.14 bits per heavy atom. The van der Waals surface area contributed by atoms with E-state index in [2.05, 4.69) is 30.6 Å². The van der Waals surface area contributed by atoms with E-state index in [-0.39, 0.29) is 6.10 Å². The van der Waals surface area contributed by atoms with Crippen molar-refractivity contribution in [3.63, 3.8) is 0 Å². The number of aryl methyl sites for hydroxylation is 1. The van der Waals surface area contributed by atoms with Crippen LogP contribution in [0, 0.1) is 6.92 Å². The van der Waals surface area contributed by atoms with E-state index in [0.29, 0.717) is 24.5 Å². The van der Waals surface area contributed by atoms with Gasteiger partial charge in [-0.15, -0.1) is 11.3 Å². The molecular weight excluding hydrogens is 288 g/mol. The predicted octanol–water partition coefficient (Wildman–Crippen LogP) is 2.47. The molecular formula is C13H20N6OS. The molecule has 2 N–H and O–H groups in total. The summed E-state index contributed by atoms with van der Waals surface area (Å²) < 4.78 is 5.54. The number of nitrogens with zero attached hydrogens (tertiary/aromatic N) is 4. The zero-order valence-corrected chi connectivity index (χ0v) is 13.5. The van der Waals surface area contributed by atoms with Gasteiger partial charge in [0.1, 0.15) is 0 Å². The first kappa shape index (κ1) is 15.4. The second-order valence-electron chi connectivity index (χ2n) is 4.67. The van der Waals surface area contributed by atoms with Gasteiger partial charge in [0.25, 0.3) is 0 Å². The molecule has 0 spiro atoms.